The fourth-order valence-electron chi connectivity index (χ4n) is 15.6. The molecule has 18 aromatic carbocycles. The zero-order chi connectivity index (χ0) is 75.9. The van der Waals surface area contributed by atoms with Gasteiger partial charge in [0.2, 0.25) is 0 Å². The number of para-hydroxylation sites is 8. The average Bonchev–Trinajstić information content (AvgIpc) is 1.44. The second kappa shape index (κ2) is 31.4. The van der Waals surface area contributed by atoms with Crippen molar-refractivity contribution in [1.29, 1.82) is 0 Å². The highest BCUT2D eigenvalue weighted by Gasteiger charge is 2.21. The van der Waals surface area contributed by atoms with Crippen LogP contribution in [-0.4, -0.2) is 0 Å². The van der Waals surface area contributed by atoms with Crippen LogP contribution in [0.2, 0.25) is 0 Å². The molecule has 20 rings (SSSR count). The largest absolute Gasteiger partial charge is 0.456 e. The van der Waals surface area contributed by atoms with E-state index in [0.29, 0.717) is 0 Å². The molecule has 540 valence electrons. The van der Waals surface area contributed by atoms with Gasteiger partial charge in [0, 0.05) is 89.8 Å². The van der Waals surface area contributed by atoms with Crippen LogP contribution in [0.5, 0.6) is 0 Å². The van der Waals surface area contributed by atoms with E-state index in [0.717, 1.165) is 134 Å². The molecule has 0 aliphatic carbocycles. The van der Waals surface area contributed by atoms with E-state index >= 15 is 0 Å². The van der Waals surface area contributed by atoms with Gasteiger partial charge in [0.1, 0.15) is 22.3 Å². The average molecular weight is 1460 g/mol. The van der Waals surface area contributed by atoms with Crippen LogP contribution in [0.25, 0.3) is 111 Å². The first-order valence-corrected chi connectivity index (χ1v) is 38.7. The lowest BCUT2D eigenvalue weighted by Crippen LogP contribution is -2.09. The molecule has 0 aliphatic rings. The van der Waals surface area contributed by atoms with E-state index in [9.17, 15) is 0 Å². The number of hydrogen-bond acceptors (Lipinski definition) is 6. The van der Waals surface area contributed by atoms with E-state index in [2.05, 4.69) is 456 Å². The fraction of sp³-hybridized carbons (Fsp3) is 0. The first kappa shape index (κ1) is 69.2. The Bertz CT molecular complexity index is 6180. The van der Waals surface area contributed by atoms with E-state index in [-0.39, 0.29) is 0 Å². The van der Waals surface area contributed by atoms with E-state index in [4.69, 9.17) is 8.83 Å². The van der Waals surface area contributed by atoms with Crippen molar-refractivity contribution in [3.63, 3.8) is 0 Å². The Labute approximate surface area is 664 Å². The minimum atomic E-state index is 0.881. The minimum absolute atomic E-state index is 0.881. The van der Waals surface area contributed by atoms with Crippen molar-refractivity contribution in [1.82, 2.24) is 0 Å². The summed E-state index contributed by atoms with van der Waals surface area (Å²) in [6, 6.07) is 163. The highest BCUT2D eigenvalue weighted by atomic mass is 16.3. The Kier molecular flexibility index (Phi) is 19.1. The Morgan fingerprint density at radius 3 is 0.553 bits per heavy atom. The summed E-state index contributed by atoms with van der Waals surface area (Å²) in [6.45, 7) is 0. The molecule has 2 aromatic heterocycles. The van der Waals surface area contributed by atoms with Gasteiger partial charge in [0.25, 0.3) is 0 Å². The Hall–Kier alpha value is -15.2. The van der Waals surface area contributed by atoms with Crippen molar-refractivity contribution in [2.75, 3.05) is 19.6 Å². The van der Waals surface area contributed by atoms with Crippen LogP contribution in [0.1, 0.15) is 0 Å². The van der Waals surface area contributed by atoms with Gasteiger partial charge in [0.05, 0.1) is 0 Å². The topological polar surface area (TPSA) is 39.2 Å². The van der Waals surface area contributed by atoms with Crippen LogP contribution in [0.4, 0.5) is 68.2 Å². The highest BCUT2D eigenvalue weighted by molar-refractivity contribution is 6.08. The molecule has 0 radical (unpaired) electrons. The molecule has 114 heavy (non-hydrogen) atoms. The Morgan fingerprint density at radius 1 is 0.114 bits per heavy atom. The summed E-state index contributed by atoms with van der Waals surface area (Å²) in [7, 11) is 0. The van der Waals surface area contributed by atoms with E-state index < -0.39 is 0 Å². The molecule has 2 heterocycles. The lowest BCUT2D eigenvalue weighted by molar-refractivity contribution is 0.668. The Balaban J connectivity index is 0.000000158. The van der Waals surface area contributed by atoms with Crippen molar-refractivity contribution in [3.8, 4) is 66.8 Å². The third-order valence-electron chi connectivity index (χ3n) is 21.3. The van der Waals surface area contributed by atoms with Crippen LogP contribution < -0.4 is 19.6 Å². The number of benzene rings is 18. The molecule has 0 aliphatic heterocycles. The van der Waals surface area contributed by atoms with E-state index in [1.54, 1.807) is 0 Å². The predicted octanol–water partition coefficient (Wildman–Crippen LogP) is 31.1. The summed E-state index contributed by atoms with van der Waals surface area (Å²) in [5.74, 6) is 0. The summed E-state index contributed by atoms with van der Waals surface area (Å²) in [6.07, 6.45) is 0. The monoisotopic (exact) mass is 1460 g/mol. The number of hydrogen-bond donors (Lipinski definition) is 0. The standard InChI is InChI=1S/C60H40N2O2.C48H36N2/c1-4-14-41(15-5-1)44-36-45(42-24-28-49(29-25-42)61(47-16-6-2-7-17-47)51-32-34-59-55(39-51)53-20-10-12-22-57(53)63-59)38-46(37-44)43-26-30-50(31-27-43)62(48-18-8-3-9-19-48)52-33-35-60-56(40-52)54-21-11-13-23-58(54)64-60;1-5-13-43(14-6-1)49(44-15-7-2-8-16-44)47-33-29-41(30-34-47)39-25-21-37(22-26-39)38-23-27-40(28-24-38)42-31-35-48(36-32-42)50(45-17-9-3-10-18-45)46-19-11-4-12-20-46/h1-40H;1-36H. The first-order valence-electron chi connectivity index (χ1n) is 38.7. The van der Waals surface area contributed by atoms with Crippen LogP contribution in [0, 0.1) is 0 Å². The maximum absolute atomic E-state index is 6.20. The second-order valence-corrected chi connectivity index (χ2v) is 28.4. The summed E-state index contributed by atoms with van der Waals surface area (Å²) in [5.41, 5.74) is 30.9. The number of rotatable bonds is 18. The maximum Gasteiger partial charge on any atom is 0.135 e. The maximum atomic E-state index is 6.20. The normalized spacial score (nSPS) is 11.2. The molecule has 0 saturated carbocycles. The molecular formula is C108H76N4O2. The number of anilines is 12. The van der Waals surface area contributed by atoms with E-state index in [1.165, 1.54) is 44.5 Å². The second-order valence-electron chi connectivity index (χ2n) is 28.4. The molecule has 0 spiro atoms. The van der Waals surface area contributed by atoms with Crippen LogP contribution in [0.15, 0.2) is 470 Å². The van der Waals surface area contributed by atoms with Crippen molar-refractivity contribution >= 4 is 112 Å². The summed E-state index contributed by atoms with van der Waals surface area (Å²) in [4.78, 5) is 9.20. The van der Waals surface area contributed by atoms with Gasteiger partial charge in [-0.05, 0) is 255 Å². The van der Waals surface area contributed by atoms with Crippen molar-refractivity contribution in [2.45, 2.75) is 0 Å². The number of fused-ring (bicyclic) bond motifs is 6. The molecule has 20 aromatic rings. The fourth-order valence-corrected chi connectivity index (χ4v) is 15.6. The zero-order valence-corrected chi connectivity index (χ0v) is 62.5. The van der Waals surface area contributed by atoms with Gasteiger partial charge >= 0.3 is 0 Å². The van der Waals surface area contributed by atoms with Crippen molar-refractivity contribution in [3.05, 3.63) is 461 Å². The smallest absolute Gasteiger partial charge is 0.135 e. The van der Waals surface area contributed by atoms with Crippen LogP contribution in [-0.2, 0) is 0 Å². The van der Waals surface area contributed by atoms with Crippen molar-refractivity contribution < 1.29 is 8.83 Å². The quantitative estimate of drug-likeness (QED) is 0.0853. The molecule has 0 N–H and O–H groups in total. The molecule has 0 saturated heterocycles. The molecule has 6 heteroatoms. The molecule has 0 bridgehead atoms. The highest BCUT2D eigenvalue weighted by Crippen LogP contribution is 2.45. The SMILES string of the molecule is c1ccc(-c2cc(-c3ccc(N(c4ccccc4)c4ccc5oc6ccccc6c5c4)cc3)cc(-c3ccc(N(c4ccccc4)c4ccc5oc6ccccc6c5c4)cc3)c2)cc1.c1ccc(N(c2ccccc2)c2ccc(-c3ccc(-c4ccc(-c5ccc(N(c6ccccc6)c6ccccc6)cc5)cc4)cc3)cc2)cc1. The van der Waals surface area contributed by atoms with Gasteiger partial charge in [0.15, 0.2) is 0 Å². The van der Waals surface area contributed by atoms with Crippen LogP contribution >= 0.6 is 0 Å². The van der Waals surface area contributed by atoms with Gasteiger partial charge in [-0.25, -0.2) is 0 Å². The lowest BCUT2D eigenvalue weighted by Gasteiger charge is -2.26. The third-order valence-corrected chi connectivity index (χ3v) is 21.3. The van der Waals surface area contributed by atoms with Crippen LogP contribution in [0.3, 0.4) is 0 Å². The number of nitrogens with zero attached hydrogens (tertiary/aromatic N) is 4. The summed E-state index contributed by atoms with van der Waals surface area (Å²) >= 11 is 0. The Morgan fingerprint density at radius 2 is 0.289 bits per heavy atom. The predicted molar refractivity (Wildman–Crippen MR) is 479 cm³/mol. The summed E-state index contributed by atoms with van der Waals surface area (Å²) < 4.78 is 12.4. The van der Waals surface area contributed by atoms with Gasteiger partial charge < -0.3 is 28.4 Å². The molecule has 6 nitrogen and oxygen atoms in total. The first-order chi connectivity index (χ1) is 56.5. The zero-order valence-electron chi connectivity index (χ0n) is 62.5. The third kappa shape index (κ3) is 14.3. The summed E-state index contributed by atoms with van der Waals surface area (Å²) in [5, 5.41) is 4.42. The molecule has 0 amide bonds. The molecule has 0 atom stereocenters. The van der Waals surface area contributed by atoms with Gasteiger partial charge in [-0.2, -0.15) is 0 Å². The minimum Gasteiger partial charge on any atom is -0.456 e. The van der Waals surface area contributed by atoms with Crippen molar-refractivity contribution in [2.24, 2.45) is 0 Å². The van der Waals surface area contributed by atoms with Gasteiger partial charge in [-0.3, -0.25) is 0 Å². The number of furan rings is 2. The molecule has 0 fully saturated rings. The van der Waals surface area contributed by atoms with E-state index in [1.807, 2.05) is 24.3 Å². The van der Waals surface area contributed by atoms with Gasteiger partial charge in [-0.15, -0.1) is 0 Å². The van der Waals surface area contributed by atoms with Gasteiger partial charge in [-0.1, -0.05) is 273 Å². The lowest BCUT2D eigenvalue weighted by atomic mass is 9.93. The molecule has 0 unspecified atom stereocenters. The molecular weight excluding hydrogens is 1390 g/mol.